The van der Waals surface area contributed by atoms with Gasteiger partial charge in [-0.1, -0.05) is 29.8 Å². The van der Waals surface area contributed by atoms with Gasteiger partial charge in [0, 0.05) is 6.92 Å². The van der Waals surface area contributed by atoms with Gasteiger partial charge < -0.3 is 0 Å². The van der Waals surface area contributed by atoms with Crippen molar-refractivity contribution in [2.24, 2.45) is 4.99 Å². The number of carbonyl (C=O) groups is 2. The number of fused-ring (bicyclic) bond motifs is 1. The highest BCUT2D eigenvalue weighted by Crippen LogP contribution is 2.25. The molecular formula is C17H15N3O2. The molecule has 2 aromatic rings. The minimum absolute atomic E-state index is 0.138. The smallest absolute Gasteiger partial charge is 0.279 e. The van der Waals surface area contributed by atoms with Crippen LogP contribution < -0.4 is 10.4 Å². The van der Waals surface area contributed by atoms with Gasteiger partial charge in [-0.15, -0.1) is 0 Å². The van der Waals surface area contributed by atoms with Crippen LogP contribution in [-0.4, -0.2) is 17.5 Å². The van der Waals surface area contributed by atoms with Gasteiger partial charge in [-0.25, -0.2) is 10.0 Å². The zero-order chi connectivity index (χ0) is 15.7. The van der Waals surface area contributed by atoms with Crippen molar-refractivity contribution >= 4 is 28.9 Å². The summed E-state index contributed by atoms with van der Waals surface area (Å²) >= 11 is 0. The number of anilines is 1. The average Bonchev–Trinajstić information content (AvgIpc) is 2.66. The number of Topliss-reactive ketones (excluding diaryl/α,β-unsaturated/α-hetero) is 1. The number of ketones is 1. The normalized spacial score (nSPS) is 13.8. The minimum Gasteiger partial charge on any atom is -0.291 e. The molecule has 0 bridgehead atoms. The minimum atomic E-state index is -0.251. The molecule has 0 spiro atoms. The lowest BCUT2D eigenvalue weighted by atomic mass is 10.1. The fourth-order valence-corrected chi connectivity index (χ4v) is 2.21. The number of aryl methyl sites for hydroxylation is 1. The Morgan fingerprint density at radius 1 is 1.09 bits per heavy atom. The quantitative estimate of drug-likeness (QED) is 0.926. The van der Waals surface area contributed by atoms with E-state index in [1.54, 1.807) is 24.3 Å². The van der Waals surface area contributed by atoms with Gasteiger partial charge in [-0.3, -0.25) is 15.0 Å². The maximum absolute atomic E-state index is 12.8. The van der Waals surface area contributed by atoms with Gasteiger partial charge in [0.15, 0.2) is 11.6 Å². The third kappa shape index (κ3) is 2.48. The number of hydrogen-bond donors (Lipinski definition) is 1. The van der Waals surface area contributed by atoms with Gasteiger partial charge in [0.05, 0.1) is 16.9 Å². The third-order valence-corrected chi connectivity index (χ3v) is 3.41. The van der Waals surface area contributed by atoms with E-state index >= 15 is 0 Å². The van der Waals surface area contributed by atoms with Crippen molar-refractivity contribution in [1.29, 1.82) is 0 Å². The zero-order valence-electron chi connectivity index (χ0n) is 12.3. The van der Waals surface area contributed by atoms with E-state index < -0.39 is 0 Å². The van der Waals surface area contributed by atoms with Crippen LogP contribution in [0.1, 0.15) is 22.8 Å². The molecule has 110 valence electrons. The zero-order valence-corrected chi connectivity index (χ0v) is 12.3. The first-order valence-corrected chi connectivity index (χ1v) is 6.92. The number of amides is 1. The molecule has 1 heterocycles. The number of benzene rings is 2. The van der Waals surface area contributed by atoms with Crippen LogP contribution in [0.15, 0.2) is 53.5 Å². The molecule has 1 aliphatic rings. The lowest BCUT2D eigenvalue weighted by Gasteiger charge is -2.22. The molecule has 0 aliphatic carbocycles. The highest BCUT2D eigenvalue weighted by molar-refractivity contribution is 6.40. The van der Waals surface area contributed by atoms with Crippen molar-refractivity contribution in [3.8, 4) is 0 Å². The standard InChI is InChI=1S/C17H15N3O2/c1-11-7-9-13(10-8-11)20-17(22)14-5-3-4-6-15(14)18-16(19-20)12(2)21/h3-10H,1-2H3,(H,18,19). The Morgan fingerprint density at radius 2 is 1.77 bits per heavy atom. The number of aliphatic imine (C=N–C) groups is 1. The van der Waals surface area contributed by atoms with Gasteiger partial charge in [-0.05, 0) is 31.2 Å². The second kappa shape index (κ2) is 5.44. The largest absolute Gasteiger partial charge is 0.291 e. The molecule has 0 saturated carbocycles. The van der Waals surface area contributed by atoms with Gasteiger partial charge in [0.25, 0.3) is 5.91 Å². The summed E-state index contributed by atoms with van der Waals surface area (Å²) in [7, 11) is 0. The highest BCUT2D eigenvalue weighted by atomic mass is 16.2. The van der Waals surface area contributed by atoms with Gasteiger partial charge in [0.2, 0.25) is 0 Å². The van der Waals surface area contributed by atoms with E-state index in [1.807, 2.05) is 31.2 Å². The van der Waals surface area contributed by atoms with Crippen molar-refractivity contribution in [2.75, 3.05) is 5.01 Å². The van der Waals surface area contributed by atoms with Crippen molar-refractivity contribution < 1.29 is 9.59 Å². The van der Waals surface area contributed by atoms with Crippen LogP contribution in [-0.2, 0) is 4.79 Å². The fraction of sp³-hybridized carbons (Fsp3) is 0.118. The average molecular weight is 293 g/mol. The number of hydrazine groups is 1. The SMILES string of the molecule is CC(=O)C1=Nc2ccccc2C(=O)N(c2ccc(C)cc2)N1. The Balaban J connectivity index is 2.12. The summed E-state index contributed by atoms with van der Waals surface area (Å²) in [5, 5.41) is 1.35. The van der Waals surface area contributed by atoms with Gasteiger partial charge in [-0.2, -0.15) is 0 Å². The molecule has 1 N–H and O–H groups in total. The van der Waals surface area contributed by atoms with Crippen molar-refractivity contribution in [3.63, 3.8) is 0 Å². The second-order valence-corrected chi connectivity index (χ2v) is 5.12. The Hall–Kier alpha value is -2.95. The van der Waals surface area contributed by atoms with E-state index in [0.717, 1.165) is 5.56 Å². The number of rotatable bonds is 2. The van der Waals surface area contributed by atoms with Crippen LogP contribution in [0, 0.1) is 6.92 Å². The lowest BCUT2D eigenvalue weighted by molar-refractivity contribution is -0.111. The topological polar surface area (TPSA) is 61.8 Å². The van der Waals surface area contributed by atoms with E-state index in [1.165, 1.54) is 11.9 Å². The third-order valence-electron chi connectivity index (χ3n) is 3.41. The summed E-state index contributed by atoms with van der Waals surface area (Å²) in [4.78, 5) is 28.8. The predicted molar refractivity (Wildman–Crippen MR) is 85.3 cm³/mol. The number of hydrogen-bond acceptors (Lipinski definition) is 4. The van der Waals surface area contributed by atoms with Crippen LogP contribution in [0.4, 0.5) is 11.4 Å². The first-order valence-electron chi connectivity index (χ1n) is 6.92. The molecule has 22 heavy (non-hydrogen) atoms. The van der Waals surface area contributed by atoms with Gasteiger partial charge >= 0.3 is 0 Å². The van der Waals surface area contributed by atoms with Crippen molar-refractivity contribution in [1.82, 2.24) is 5.43 Å². The molecule has 1 amide bonds. The van der Waals surface area contributed by atoms with E-state index in [2.05, 4.69) is 10.4 Å². The van der Waals surface area contributed by atoms with Crippen LogP contribution in [0.5, 0.6) is 0 Å². The Labute approximate surface area is 128 Å². The lowest BCUT2D eigenvalue weighted by Crippen LogP contribution is -2.47. The van der Waals surface area contributed by atoms with Crippen molar-refractivity contribution in [3.05, 3.63) is 59.7 Å². The molecule has 5 nitrogen and oxygen atoms in total. The van der Waals surface area contributed by atoms with Crippen LogP contribution in [0.3, 0.4) is 0 Å². The summed E-state index contributed by atoms with van der Waals surface area (Å²) in [5.41, 5.74) is 5.51. The number of nitrogens with zero attached hydrogens (tertiary/aromatic N) is 2. The highest BCUT2D eigenvalue weighted by Gasteiger charge is 2.26. The summed E-state index contributed by atoms with van der Waals surface area (Å²) < 4.78 is 0. The predicted octanol–water partition coefficient (Wildman–Crippen LogP) is 2.78. The molecule has 0 saturated heterocycles. The maximum atomic E-state index is 12.8. The Morgan fingerprint density at radius 3 is 2.45 bits per heavy atom. The molecular weight excluding hydrogens is 278 g/mol. The number of para-hydroxylation sites is 1. The summed E-state index contributed by atoms with van der Waals surface area (Å²) in [6.45, 7) is 3.39. The van der Waals surface area contributed by atoms with Crippen LogP contribution in [0.2, 0.25) is 0 Å². The van der Waals surface area contributed by atoms with Crippen molar-refractivity contribution in [2.45, 2.75) is 13.8 Å². The second-order valence-electron chi connectivity index (χ2n) is 5.12. The first-order chi connectivity index (χ1) is 10.6. The van der Waals surface area contributed by atoms with E-state index in [4.69, 9.17) is 0 Å². The monoisotopic (exact) mass is 293 g/mol. The molecule has 0 unspecified atom stereocenters. The summed E-state index contributed by atoms with van der Waals surface area (Å²) in [6.07, 6.45) is 0. The Bertz CT molecular complexity index is 779. The van der Waals surface area contributed by atoms with Crippen LogP contribution in [0.25, 0.3) is 0 Å². The maximum Gasteiger partial charge on any atom is 0.279 e. The van der Waals surface area contributed by atoms with E-state index in [-0.39, 0.29) is 17.5 Å². The summed E-state index contributed by atoms with van der Waals surface area (Å²) in [6, 6.07) is 14.5. The molecule has 0 aromatic heterocycles. The number of carbonyl (C=O) groups excluding carboxylic acids is 2. The first kappa shape index (κ1) is 14.0. The molecule has 0 radical (unpaired) electrons. The van der Waals surface area contributed by atoms with E-state index in [0.29, 0.717) is 16.9 Å². The molecule has 0 fully saturated rings. The van der Waals surface area contributed by atoms with Crippen LogP contribution >= 0.6 is 0 Å². The molecule has 2 aromatic carbocycles. The number of amidine groups is 1. The molecule has 3 rings (SSSR count). The number of nitrogens with one attached hydrogen (secondary N) is 1. The molecule has 0 atom stereocenters. The Kier molecular flexibility index (Phi) is 3.47. The molecule has 1 aliphatic heterocycles. The van der Waals surface area contributed by atoms with Gasteiger partial charge in [0.1, 0.15) is 0 Å². The molecule has 5 heteroatoms. The van der Waals surface area contributed by atoms with E-state index in [9.17, 15) is 9.59 Å². The fourth-order valence-electron chi connectivity index (χ4n) is 2.21. The summed E-state index contributed by atoms with van der Waals surface area (Å²) in [5.74, 6) is -0.347.